The van der Waals surface area contributed by atoms with Crippen molar-refractivity contribution in [2.45, 2.75) is 39.5 Å². The van der Waals surface area contributed by atoms with Crippen LogP contribution < -0.4 is 0 Å². The van der Waals surface area contributed by atoms with Gasteiger partial charge in [-0.1, -0.05) is 41.5 Å². The number of carbonyl (C=O) groups excluding carboxylic acids is 1. The number of carbonyl (C=O) groups is 1. The molecular formula is C21H23ClOS2. The molecule has 0 saturated heterocycles. The van der Waals surface area contributed by atoms with Crippen molar-refractivity contribution in [3.63, 3.8) is 0 Å². The molecule has 0 heterocycles. The Morgan fingerprint density at radius 1 is 1.36 bits per heavy atom. The number of ketones is 1. The van der Waals surface area contributed by atoms with E-state index in [0.29, 0.717) is 15.8 Å². The lowest BCUT2D eigenvalue weighted by Gasteiger charge is -2.26. The number of aryl methyl sites for hydroxylation is 1. The fraction of sp³-hybridized carbons (Fsp3) is 0.429. The Labute approximate surface area is 164 Å². The number of halogens is 1. The van der Waals surface area contributed by atoms with Gasteiger partial charge in [-0.2, -0.15) is 0 Å². The molecule has 2 aliphatic carbocycles. The van der Waals surface area contributed by atoms with E-state index in [-0.39, 0.29) is 11.7 Å². The van der Waals surface area contributed by atoms with Crippen LogP contribution in [0.4, 0.5) is 0 Å². The minimum atomic E-state index is 0.146. The van der Waals surface area contributed by atoms with Crippen LogP contribution in [0.1, 0.15) is 43.7 Å². The summed E-state index contributed by atoms with van der Waals surface area (Å²) in [5, 5.41) is 0.634. The molecule has 0 amide bonds. The summed E-state index contributed by atoms with van der Waals surface area (Å²) in [4.78, 5) is 14.9. The first kappa shape index (κ1) is 18.9. The minimum absolute atomic E-state index is 0.146. The van der Waals surface area contributed by atoms with Crippen molar-refractivity contribution in [1.82, 2.24) is 0 Å². The summed E-state index contributed by atoms with van der Waals surface area (Å²) >= 11 is 14.0. The largest absolute Gasteiger partial charge is 0.294 e. The Hall–Kier alpha value is -0.900. The van der Waals surface area contributed by atoms with E-state index in [0.717, 1.165) is 48.1 Å². The Kier molecular flexibility index (Phi) is 5.87. The number of thiocarbonyl (C=S) groups is 1. The third kappa shape index (κ3) is 3.94. The van der Waals surface area contributed by atoms with Crippen LogP contribution in [-0.4, -0.2) is 16.4 Å². The molecule has 0 radical (unpaired) electrons. The Morgan fingerprint density at radius 2 is 2.08 bits per heavy atom. The average Bonchev–Trinajstić information content (AvgIpc) is 2.98. The van der Waals surface area contributed by atoms with Gasteiger partial charge in [0.25, 0.3) is 0 Å². The third-order valence-electron chi connectivity index (χ3n) is 5.05. The van der Waals surface area contributed by atoms with Crippen molar-refractivity contribution in [3.8, 4) is 0 Å². The lowest BCUT2D eigenvalue weighted by atomic mass is 9.85. The molecule has 3 rings (SSSR count). The predicted molar refractivity (Wildman–Crippen MR) is 113 cm³/mol. The average molecular weight is 391 g/mol. The highest BCUT2D eigenvalue weighted by Gasteiger charge is 2.42. The number of hydrogen-bond donors (Lipinski definition) is 0. The highest BCUT2D eigenvalue weighted by molar-refractivity contribution is 8.03. The summed E-state index contributed by atoms with van der Waals surface area (Å²) < 4.78 is 0. The van der Waals surface area contributed by atoms with E-state index in [1.807, 2.05) is 32.0 Å². The summed E-state index contributed by atoms with van der Waals surface area (Å²) in [7, 11) is 0. The second-order valence-electron chi connectivity index (χ2n) is 7.18. The third-order valence-corrected chi connectivity index (χ3v) is 7.04. The number of benzene rings is 1. The van der Waals surface area contributed by atoms with E-state index in [4.69, 9.17) is 23.8 Å². The van der Waals surface area contributed by atoms with Gasteiger partial charge in [-0.15, -0.1) is 18.3 Å². The van der Waals surface area contributed by atoms with Crippen molar-refractivity contribution in [1.29, 1.82) is 0 Å². The van der Waals surface area contributed by atoms with Gasteiger partial charge in [-0.3, -0.25) is 4.79 Å². The van der Waals surface area contributed by atoms with Gasteiger partial charge in [0.2, 0.25) is 0 Å². The van der Waals surface area contributed by atoms with E-state index < -0.39 is 0 Å². The smallest absolute Gasteiger partial charge is 0.168 e. The lowest BCUT2D eigenvalue weighted by Crippen LogP contribution is -2.26. The van der Waals surface area contributed by atoms with E-state index in [2.05, 4.69) is 6.58 Å². The zero-order valence-corrected chi connectivity index (χ0v) is 17.1. The fourth-order valence-corrected chi connectivity index (χ4v) is 5.98. The summed E-state index contributed by atoms with van der Waals surface area (Å²) in [6.07, 6.45) is 4.03. The molecule has 0 N–H and O–H groups in total. The molecule has 0 aromatic heterocycles. The SMILES string of the molecule is C=C(C)CCSC1=C(C(=S)c2ccc(C)cc2Cl)C(=O)C2CCC1C2. The zero-order valence-electron chi connectivity index (χ0n) is 14.7. The van der Waals surface area contributed by atoms with E-state index in [1.54, 1.807) is 11.8 Å². The molecule has 1 aromatic carbocycles. The molecule has 4 heteroatoms. The number of allylic oxidation sites excluding steroid dienone is 3. The van der Waals surface area contributed by atoms with Gasteiger partial charge in [0, 0.05) is 32.7 Å². The summed E-state index contributed by atoms with van der Waals surface area (Å²) in [5.41, 5.74) is 3.85. The van der Waals surface area contributed by atoms with Gasteiger partial charge in [0.1, 0.15) is 0 Å². The van der Waals surface area contributed by atoms with Crippen LogP contribution in [0.5, 0.6) is 0 Å². The molecule has 2 aliphatic rings. The van der Waals surface area contributed by atoms with Crippen LogP contribution in [0, 0.1) is 18.8 Å². The quantitative estimate of drug-likeness (QED) is 0.321. The Balaban J connectivity index is 1.98. The topological polar surface area (TPSA) is 17.1 Å². The van der Waals surface area contributed by atoms with E-state index in [9.17, 15) is 4.79 Å². The maximum absolute atomic E-state index is 13.1. The first-order chi connectivity index (χ1) is 11.9. The Morgan fingerprint density at radius 3 is 2.76 bits per heavy atom. The van der Waals surface area contributed by atoms with Crippen LogP contribution in [-0.2, 0) is 4.79 Å². The molecule has 0 spiro atoms. The molecule has 0 aliphatic heterocycles. The standard InChI is InChI=1S/C21H23ClOS2/c1-12(2)8-9-25-21-15-6-5-14(11-15)19(23)18(21)20(24)16-7-4-13(3)10-17(16)22/h4,7,10,14-15H,1,5-6,8-9,11H2,2-3H3. The fourth-order valence-electron chi connectivity index (χ4n) is 3.68. The van der Waals surface area contributed by atoms with Crippen LogP contribution in [0.15, 0.2) is 40.8 Å². The molecule has 2 unspecified atom stereocenters. The zero-order chi connectivity index (χ0) is 18.1. The van der Waals surface area contributed by atoms with Gasteiger partial charge in [0.15, 0.2) is 5.78 Å². The van der Waals surface area contributed by atoms with Crippen LogP contribution >= 0.6 is 35.6 Å². The first-order valence-electron chi connectivity index (χ1n) is 8.75. The van der Waals surface area contributed by atoms with Crippen molar-refractivity contribution in [2.75, 3.05) is 5.75 Å². The molecule has 1 fully saturated rings. The molecule has 25 heavy (non-hydrogen) atoms. The number of thioether (sulfide) groups is 1. The molecule has 1 saturated carbocycles. The summed E-state index contributed by atoms with van der Waals surface area (Å²) in [5.74, 6) is 1.81. The van der Waals surface area contributed by atoms with Crippen molar-refractivity contribution >= 4 is 46.2 Å². The normalized spacial score (nSPS) is 22.4. The highest BCUT2D eigenvalue weighted by atomic mass is 35.5. The monoisotopic (exact) mass is 390 g/mol. The highest BCUT2D eigenvalue weighted by Crippen LogP contribution is 2.48. The summed E-state index contributed by atoms with van der Waals surface area (Å²) in [6, 6.07) is 5.87. The summed E-state index contributed by atoms with van der Waals surface area (Å²) in [6.45, 7) is 8.03. The minimum Gasteiger partial charge on any atom is -0.294 e. The van der Waals surface area contributed by atoms with Crippen LogP contribution in [0.2, 0.25) is 5.02 Å². The number of fused-ring (bicyclic) bond motifs is 2. The number of hydrogen-bond acceptors (Lipinski definition) is 3. The van der Waals surface area contributed by atoms with Gasteiger partial charge >= 0.3 is 0 Å². The Bertz CT molecular complexity index is 778. The molecule has 1 nitrogen and oxygen atoms in total. The number of rotatable bonds is 6. The van der Waals surface area contributed by atoms with Crippen molar-refractivity contribution < 1.29 is 4.79 Å². The molecular weight excluding hydrogens is 368 g/mol. The van der Waals surface area contributed by atoms with Gasteiger partial charge in [-0.05, 0) is 57.1 Å². The lowest BCUT2D eigenvalue weighted by molar-refractivity contribution is -0.118. The molecule has 2 atom stereocenters. The second-order valence-corrected chi connectivity index (χ2v) is 9.13. The van der Waals surface area contributed by atoms with Gasteiger partial charge < -0.3 is 0 Å². The van der Waals surface area contributed by atoms with Crippen molar-refractivity contribution in [2.24, 2.45) is 11.8 Å². The van der Waals surface area contributed by atoms with Gasteiger partial charge in [0.05, 0.1) is 4.86 Å². The molecule has 132 valence electrons. The molecule has 2 bridgehead atoms. The predicted octanol–water partition coefficient (Wildman–Crippen LogP) is 6.32. The molecule has 1 aromatic rings. The van der Waals surface area contributed by atoms with Crippen molar-refractivity contribution in [3.05, 3.63) is 57.0 Å². The van der Waals surface area contributed by atoms with Crippen LogP contribution in [0.3, 0.4) is 0 Å². The first-order valence-corrected chi connectivity index (χ1v) is 10.5. The number of Topliss-reactive ketones (excluding diaryl/α,β-unsaturated/α-hetero) is 1. The maximum Gasteiger partial charge on any atom is 0.168 e. The maximum atomic E-state index is 13.1. The van der Waals surface area contributed by atoms with E-state index >= 15 is 0 Å². The second kappa shape index (κ2) is 7.77. The van der Waals surface area contributed by atoms with Gasteiger partial charge in [-0.25, -0.2) is 0 Å². The van der Waals surface area contributed by atoms with E-state index in [1.165, 1.54) is 10.5 Å². The van der Waals surface area contributed by atoms with Crippen LogP contribution in [0.25, 0.3) is 0 Å².